The van der Waals surface area contributed by atoms with Crippen molar-refractivity contribution in [1.29, 1.82) is 0 Å². The number of hydrogen-bond acceptors (Lipinski definition) is 4. The summed E-state index contributed by atoms with van der Waals surface area (Å²) in [4.78, 5) is 28.9. The Bertz CT molecular complexity index is 865. The van der Waals surface area contributed by atoms with E-state index in [4.69, 9.17) is 9.47 Å². The third kappa shape index (κ3) is 4.67. The molecule has 29 heavy (non-hydrogen) atoms. The number of amides is 2. The minimum atomic E-state index is -0.322. The summed E-state index contributed by atoms with van der Waals surface area (Å²) in [5.74, 6) is 0.730. The molecule has 0 bridgehead atoms. The molecule has 3 rings (SSSR count). The van der Waals surface area contributed by atoms with Crippen LogP contribution in [0, 0.1) is 12.7 Å². The highest BCUT2D eigenvalue weighted by Crippen LogP contribution is 2.30. The lowest BCUT2D eigenvalue weighted by Gasteiger charge is -2.35. The fraction of sp³-hybridized carbons (Fsp3) is 0.364. The first kappa shape index (κ1) is 20.6. The van der Waals surface area contributed by atoms with Gasteiger partial charge < -0.3 is 19.3 Å². The van der Waals surface area contributed by atoms with Crippen LogP contribution in [0.25, 0.3) is 0 Å². The predicted molar refractivity (Wildman–Crippen MR) is 107 cm³/mol. The average molecular weight is 400 g/mol. The molecule has 6 nitrogen and oxygen atoms in total. The van der Waals surface area contributed by atoms with Crippen LogP contribution in [0.5, 0.6) is 11.5 Å². The molecule has 0 spiro atoms. The Morgan fingerprint density at radius 1 is 0.931 bits per heavy atom. The highest BCUT2D eigenvalue weighted by molar-refractivity contribution is 5.95. The summed E-state index contributed by atoms with van der Waals surface area (Å²) in [5, 5.41) is 0. The Balaban J connectivity index is 1.62. The lowest BCUT2D eigenvalue weighted by atomic mass is 10.1. The van der Waals surface area contributed by atoms with Crippen molar-refractivity contribution in [3.8, 4) is 11.5 Å². The van der Waals surface area contributed by atoms with Gasteiger partial charge in [0.2, 0.25) is 5.91 Å². The molecule has 0 radical (unpaired) electrons. The van der Waals surface area contributed by atoms with Crippen LogP contribution in [0.15, 0.2) is 36.4 Å². The molecular formula is C22H25FN2O4. The Morgan fingerprint density at radius 3 is 1.97 bits per heavy atom. The van der Waals surface area contributed by atoms with Gasteiger partial charge in [-0.15, -0.1) is 0 Å². The Morgan fingerprint density at radius 2 is 1.45 bits per heavy atom. The Labute approximate surface area is 169 Å². The zero-order valence-electron chi connectivity index (χ0n) is 16.9. The quantitative estimate of drug-likeness (QED) is 0.774. The van der Waals surface area contributed by atoms with E-state index in [-0.39, 0.29) is 24.1 Å². The summed E-state index contributed by atoms with van der Waals surface area (Å²) in [6.07, 6.45) is 0.223. The van der Waals surface area contributed by atoms with E-state index in [1.54, 1.807) is 48.3 Å². The molecule has 0 N–H and O–H groups in total. The smallest absolute Gasteiger partial charge is 0.254 e. The first-order valence-corrected chi connectivity index (χ1v) is 9.47. The number of halogens is 1. The number of nitrogens with zero attached hydrogens (tertiary/aromatic N) is 2. The van der Waals surface area contributed by atoms with Gasteiger partial charge in [-0.05, 0) is 36.8 Å². The molecule has 1 heterocycles. The van der Waals surface area contributed by atoms with Gasteiger partial charge >= 0.3 is 0 Å². The number of carbonyl (C=O) groups is 2. The molecule has 2 amide bonds. The molecule has 7 heteroatoms. The SMILES string of the molecule is COc1cc(C(=O)N2CCN(C(=O)Cc3ccc(F)cc3)CC2)cc(OC)c1C. The number of benzene rings is 2. The number of hydrogen-bond donors (Lipinski definition) is 0. The van der Waals surface area contributed by atoms with Crippen molar-refractivity contribution in [2.45, 2.75) is 13.3 Å². The van der Waals surface area contributed by atoms with Crippen molar-refractivity contribution in [3.05, 3.63) is 58.9 Å². The second-order valence-corrected chi connectivity index (χ2v) is 6.98. The number of ether oxygens (including phenoxy) is 2. The lowest BCUT2D eigenvalue weighted by molar-refractivity contribution is -0.131. The van der Waals surface area contributed by atoms with Crippen molar-refractivity contribution >= 4 is 11.8 Å². The maximum atomic E-state index is 13.0. The summed E-state index contributed by atoms with van der Waals surface area (Å²) in [5.41, 5.74) is 2.10. The first-order chi connectivity index (χ1) is 13.9. The van der Waals surface area contributed by atoms with Crippen molar-refractivity contribution in [2.75, 3.05) is 40.4 Å². The molecule has 0 saturated carbocycles. The van der Waals surface area contributed by atoms with Gasteiger partial charge in [0.1, 0.15) is 17.3 Å². The fourth-order valence-electron chi connectivity index (χ4n) is 3.44. The summed E-state index contributed by atoms with van der Waals surface area (Å²) in [7, 11) is 3.11. The largest absolute Gasteiger partial charge is 0.496 e. The fourth-order valence-corrected chi connectivity index (χ4v) is 3.44. The molecule has 2 aromatic carbocycles. The van der Waals surface area contributed by atoms with Gasteiger partial charge in [0.15, 0.2) is 0 Å². The second-order valence-electron chi connectivity index (χ2n) is 6.98. The van der Waals surface area contributed by atoms with Gasteiger partial charge in [-0.3, -0.25) is 9.59 Å². The van der Waals surface area contributed by atoms with Crippen LogP contribution in [0.3, 0.4) is 0 Å². The molecule has 1 saturated heterocycles. The second kappa shape index (κ2) is 8.94. The number of rotatable bonds is 5. The van der Waals surface area contributed by atoms with E-state index in [9.17, 15) is 14.0 Å². The van der Waals surface area contributed by atoms with Gasteiger partial charge in [-0.25, -0.2) is 4.39 Å². The molecule has 154 valence electrons. The summed E-state index contributed by atoms with van der Waals surface area (Å²) < 4.78 is 23.7. The molecule has 1 aliphatic heterocycles. The van der Waals surface area contributed by atoms with Gasteiger partial charge in [-0.2, -0.15) is 0 Å². The number of methoxy groups -OCH3 is 2. The molecule has 1 fully saturated rings. The van der Waals surface area contributed by atoms with Crippen LogP contribution < -0.4 is 9.47 Å². The van der Waals surface area contributed by atoms with Gasteiger partial charge in [0.05, 0.1) is 20.6 Å². The van der Waals surface area contributed by atoms with Gasteiger partial charge in [0.25, 0.3) is 5.91 Å². The predicted octanol–water partition coefficient (Wildman–Crippen LogP) is 2.68. The number of carbonyl (C=O) groups excluding carboxylic acids is 2. The van der Waals surface area contributed by atoms with Crippen LogP contribution in [0.2, 0.25) is 0 Å². The molecule has 0 unspecified atom stereocenters. The topological polar surface area (TPSA) is 59.1 Å². The van der Waals surface area contributed by atoms with E-state index in [0.29, 0.717) is 43.2 Å². The standard InChI is InChI=1S/C22H25FN2O4/c1-15-19(28-2)13-17(14-20(15)29-3)22(27)25-10-8-24(9-11-25)21(26)12-16-4-6-18(23)7-5-16/h4-7,13-14H,8-12H2,1-3H3. The summed E-state index contributed by atoms with van der Waals surface area (Å²) in [6, 6.07) is 9.36. The maximum Gasteiger partial charge on any atom is 0.254 e. The van der Waals surface area contributed by atoms with Crippen molar-refractivity contribution < 1.29 is 23.5 Å². The zero-order valence-corrected chi connectivity index (χ0v) is 16.9. The maximum absolute atomic E-state index is 13.0. The lowest BCUT2D eigenvalue weighted by Crippen LogP contribution is -2.51. The summed E-state index contributed by atoms with van der Waals surface area (Å²) in [6.45, 7) is 3.70. The molecule has 1 aliphatic rings. The molecular weight excluding hydrogens is 375 g/mol. The Kier molecular flexibility index (Phi) is 6.36. The molecule has 0 aliphatic carbocycles. The van der Waals surface area contributed by atoms with Gasteiger partial charge in [0, 0.05) is 37.3 Å². The first-order valence-electron chi connectivity index (χ1n) is 9.47. The van der Waals surface area contributed by atoms with Crippen LogP contribution in [0.4, 0.5) is 4.39 Å². The van der Waals surface area contributed by atoms with Crippen molar-refractivity contribution in [1.82, 2.24) is 9.80 Å². The van der Waals surface area contributed by atoms with Crippen molar-refractivity contribution in [3.63, 3.8) is 0 Å². The minimum absolute atomic E-state index is 0.0256. The minimum Gasteiger partial charge on any atom is -0.496 e. The van der Waals surface area contributed by atoms with E-state index >= 15 is 0 Å². The molecule has 2 aromatic rings. The van der Waals surface area contributed by atoms with Crippen LogP contribution in [-0.4, -0.2) is 62.0 Å². The molecule has 0 atom stereocenters. The molecule has 0 aromatic heterocycles. The zero-order chi connectivity index (χ0) is 21.0. The van der Waals surface area contributed by atoms with E-state index < -0.39 is 0 Å². The van der Waals surface area contributed by atoms with Gasteiger partial charge in [-0.1, -0.05) is 12.1 Å². The van der Waals surface area contributed by atoms with E-state index in [2.05, 4.69) is 0 Å². The van der Waals surface area contributed by atoms with E-state index in [1.807, 2.05) is 6.92 Å². The van der Waals surface area contributed by atoms with Crippen LogP contribution in [0.1, 0.15) is 21.5 Å². The van der Waals surface area contributed by atoms with E-state index in [0.717, 1.165) is 11.1 Å². The van der Waals surface area contributed by atoms with Crippen LogP contribution in [-0.2, 0) is 11.2 Å². The third-order valence-corrected chi connectivity index (χ3v) is 5.19. The normalized spacial score (nSPS) is 13.9. The average Bonchev–Trinajstić information content (AvgIpc) is 2.75. The Hall–Kier alpha value is -3.09. The van der Waals surface area contributed by atoms with Crippen LogP contribution >= 0.6 is 0 Å². The van der Waals surface area contributed by atoms with Crippen molar-refractivity contribution in [2.24, 2.45) is 0 Å². The number of piperazine rings is 1. The summed E-state index contributed by atoms with van der Waals surface area (Å²) >= 11 is 0. The third-order valence-electron chi connectivity index (χ3n) is 5.19. The monoisotopic (exact) mass is 400 g/mol. The highest BCUT2D eigenvalue weighted by Gasteiger charge is 2.26. The van der Waals surface area contributed by atoms with E-state index in [1.165, 1.54) is 12.1 Å². The highest BCUT2D eigenvalue weighted by atomic mass is 19.1.